The molecule has 150 valence electrons. The van der Waals surface area contributed by atoms with Crippen LogP contribution in [0.1, 0.15) is 17.3 Å². The fourth-order valence-corrected chi connectivity index (χ4v) is 3.97. The van der Waals surface area contributed by atoms with E-state index in [2.05, 4.69) is 14.8 Å². The molecule has 0 radical (unpaired) electrons. The Hall–Kier alpha value is -2.62. The lowest BCUT2D eigenvalue weighted by Gasteiger charge is -2.17. The van der Waals surface area contributed by atoms with Gasteiger partial charge in [-0.3, -0.25) is 4.79 Å². The van der Waals surface area contributed by atoms with Gasteiger partial charge in [0.25, 0.3) is 0 Å². The number of hydrogen-bond donors (Lipinski definition) is 2. The van der Waals surface area contributed by atoms with E-state index >= 15 is 0 Å². The number of para-hydroxylation sites is 1. The second kappa shape index (κ2) is 9.05. The molecular formula is C18H19ClN2O6S. The summed E-state index contributed by atoms with van der Waals surface area (Å²) in [5.41, 5.74) is 0.343. The van der Waals surface area contributed by atoms with Crippen molar-refractivity contribution >= 4 is 39.2 Å². The smallest absolute Gasteiger partial charge is 0.339 e. The van der Waals surface area contributed by atoms with Crippen LogP contribution < -0.4 is 14.8 Å². The zero-order chi connectivity index (χ0) is 20.9. The topological polar surface area (TPSA) is 111 Å². The maximum Gasteiger partial charge on any atom is 0.339 e. The fraction of sp³-hybridized carbons (Fsp3) is 0.222. The minimum atomic E-state index is -4.11. The standard InChI is InChI=1S/C18H19ClN2O6S/c1-11(17(22)20-14-7-5-4-6-13(14)18(23)27-3)21-28(24,25)16-10-12(19)8-9-15(16)26-2/h4-11,21H,1-3H3,(H,20,22)/t11-/m0/s1. The van der Waals surface area contributed by atoms with Crippen molar-refractivity contribution in [2.75, 3.05) is 19.5 Å². The second-order valence-corrected chi connectivity index (χ2v) is 7.78. The van der Waals surface area contributed by atoms with Crippen LogP contribution in [-0.2, 0) is 19.6 Å². The number of sulfonamides is 1. The Morgan fingerprint density at radius 2 is 1.79 bits per heavy atom. The number of carbonyl (C=O) groups is 2. The first-order valence-corrected chi connectivity index (χ1v) is 9.89. The van der Waals surface area contributed by atoms with Gasteiger partial charge in [0.05, 0.1) is 31.5 Å². The van der Waals surface area contributed by atoms with E-state index in [-0.39, 0.29) is 26.9 Å². The van der Waals surface area contributed by atoms with Gasteiger partial charge in [0.2, 0.25) is 15.9 Å². The van der Waals surface area contributed by atoms with Crippen LogP contribution in [0.4, 0.5) is 5.69 Å². The predicted molar refractivity (Wildman–Crippen MR) is 104 cm³/mol. The molecule has 8 nitrogen and oxygen atoms in total. The Balaban J connectivity index is 2.21. The van der Waals surface area contributed by atoms with Crippen LogP contribution in [0.15, 0.2) is 47.4 Å². The number of methoxy groups -OCH3 is 2. The molecule has 0 aliphatic heterocycles. The summed E-state index contributed by atoms with van der Waals surface area (Å²) in [7, 11) is -1.57. The van der Waals surface area contributed by atoms with Crippen LogP contribution in [0.5, 0.6) is 5.75 Å². The van der Waals surface area contributed by atoms with Crippen molar-refractivity contribution in [2.45, 2.75) is 17.9 Å². The number of halogens is 1. The van der Waals surface area contributed by atoms with Crippen LogP contribution in [0.25, 0.3) is 0 Å². The number of nitrogens with one attached hydrogen (secondary N) is 2. The van der Waals surface area contributed by atoms with Crippen molar-refractivity contribution in [3.05, 3.63) is 53.1 Å². The highest BCUT2D eigenvalue weighted by molar-refractivity contribution is 7.89. The minimum absolute atomic E-state index is 0.0838. The molecule has 2 rings (SSSR count). The van der Waals surface area contributed by atoms with Gasteiger partial charge in [-0.25, -0.2) is 13.2 Å². The lowest BCUT2D eigenvalue weighted by Crippen LogP contribution is -2.41. The van der Waals surface area contributed by atoms with Gasteiger partial charge in [0, 0.05) is 5.02 Å². The molecule has 2 N–H and O–H groups in total. The average Bonchev–Trinajstić information content (AvgIpc) is 2.67. The molecule has 0 unspecified atom stereocenters. The minimum Gasteiger partial charge on any atom is -0.495 e. The number of hydrogen-bond acceptors (Lipinski definition) is 6. The number of benzene rings is 2. The van der Waals surface area contributed by atoms with E-state index in [1.807, 2.05) is 0 Å². The van der Waals surface area contributed by atoms with Gasteiger partial charge in [-0.2, -0.15) is 4.72 Å². The van der Waals surface area contributed by atoms with Crippen LogP contribution in [-0.4, -0.2) is 40.6 Å². The monoisotopic (exact) mass is 426 g/mol. The van der Waals surface area contributed by atoms with Crippen LogP contribution in [0, 0.1) is 0 Å². The molecular weight excluding hydrogens is 408 g/mol. The van der Waals surface area contributed by atoms with E-state index in [0.29, 0.717) is 0 Å². The highest BCUT2D eigenvalue weighted by Gasteiger charge is 2.26. The van der Waals surface area contributed by atoms with Crippen molar-refractivity contribution < 1.29 is 27.5 Å². The zero-order valence-electron chi connectivity index (χ0n) is 15.4. The lowest BCUT2D eigenvalue weighted by atomic mass is 10.1. The Morgan fingerprint density at radius 1 is 1.11 bits per heavy atom. The normalized spacial score (nSPS) is 12.1. The van der Waals surface area contributed by atoms with Crippen LogP contribution in [0.3, 0.4) is 0 Å². The molecule has 0 heterocycles. The lowest BCUT2D eigenvalue weighted by molar-refractivity contribution is -0.117. The number of carbonyl (C=O) groups excluding carboxylic acids is 2. The Labute approximate surface area is 167 Å². The summed E-state index contributed by atoms with van der Waals surface area (Å²) in [4.78, 5) is 24.1. The molecule has 28 heavy (non-hydrogen) atoms. The van der Waals surface area contributed by atoms with Crippen molar-refractivity contribution in [1.29, 1.82) is 0 Å². The summed E-state index contributed by atoms with van der Waals surface area (Å²) in [6.45, 7) is 1.37. The molecule has 0 aliphatic rings. The zero-order valence-corrected chi connectivity index (χ0v) is 16.9. The third-order valence-electron chi connectivity index (χ3n) is 3.73. The molecule has 0 saturated heterocycles. The highest BCUT2D eigenvalue weighted by atomic mass is 35.5. The second-order valence-electron chi connectivity index (χ2n) is 5.66. The van der Waals surface area contributed by atoms with E-state index in [0.717, 1.165) is 0 Å². The number of rotatable bonds is 7. The summed E-state index contributed by atoms with van der Waals surface area (Å²) < 4.78 is 37.3. The number of esters is 1. The molecule has 0 aromatic heterocycles. The van der Waals surface area contributed by atoms with Crippen molar-refractivity contribution in [3.8, 4) is 5.75 Å². The molecule has 0 bridgehead atoms. The van der Waals surface area contributed by atoms with Gasteiger partial charge in [0.15, 0.2) is 0 Å². The fourth-order valence-electron chi connectivity index (χ4n) is 2.33. The van der Waals surface area contributed by atoms with Gasteiger partial charge < -0.3 is 14.8 Å². The third-order valence-corrected chi connectivity index (χ3v) is 5.53. The van der Waals surface area contributed by atoms with Gasteiger partial charge >= 0.3 is 5.97 Å². The van der Waals surface area contributed by atoms with Crippen LogP contribution in [0.2, 0.25) is 5.02 Å². The molecule has 2 aromatic carbocycles. The first kappa shape index (κ1) is 21.7. The molecule has 0 saturated carbocycles. The maximum atomic E-state index is 12.6. The Kier molecular flexibility index (Phi) is 7.00. The average molecular weight is 427 g/mol. The Morgan fingerprint density at radius 3 is 2.43 bits per heavy atom. The SMILES string of the molecule is COC(=O)c1ccccc1NC(=O)[C@H](C)NS(=O)(=O)c1cc(Cl)ccc1OC. The molecule has 2 aromatic rings. The summed E-state index contributed by atoms with van der Waals surface area (Å²) in [6, 6.07) is 9.18. The molecule has 0 fully saturated rings. The summed E-state index contributed by atoms with van der Waals surface area (Å²) >= 11 is 5.88. The van der Waals surface area contributed by atoms with Crippen molar-refractivity contribution in [2.24, 2.45) is 0 Å². The molecule has 10 heteroatoms. The third kappa shape index (κ3) is 5.00. The molecule has 0 aliphatic carbocycles. The van der Waals surface area contributed by atoms with E-state index in [9.17, 15) is 18.0 Å². The number of ether oxygens (including phenoxy) is 2. The van der Waals surface area contributed by atoms with Crippen LogP contribution >= 0.6 is 11.6 Å². The summed E-state index contributed by atoms with van der Waals surface area (Å²) in [6.07, 6.45) is 0. The molecule has 0 spiro atoms. The summed E-state index contributed by atoms with van der Waals surface area (Å²) in [5, 5.41) is 2.71. The Bertz CT molecular complexity index is 993. The number of anilines is 1. The largest absolute Gasteiger partial charge is 0.495 e. The van der Waals surface area contributed by atoms with Gasteiger partial charge in [0.1, 0.15) is 10.6 Å². The predicted octanol–water partition coefficient (Wildman–Crippen LogP) is 2.44. The molecule has 1 atom stereocenters. The quantitative estimate of drug-likeness (QED) is 0.658. The van der Waals surface area contributed by atoms with E-state index in [4.69, 9.17) is 16.3 Å². The van der Waals surface area contributed by atoms with Gasteiger partial charge in [-0.1, -0.05) is 23.7 Å². The molecule has 1 amide bonds. The summed E-state index contributed by atoms with van der Waals surface area (Å²) in [5.74, 6) is -1.21. The highest BCUT2D eigenvalue weighted by Crippen LogP contribution is 2.27. The van der Waals surface area contributed by atoms with Gasteiger partial charge in [-0.15, -0.1) is 0 Å². The van der Waals surface area contributed by atoms with E-state index in [1.54, 1.807) is 12.1 Å². The number of amides is 1. The van der Waals surface area contributed by atoms with E-state index in [1.165, 1.54) is 51.5 Å². The first-order chi connectivity index (χ1) is 13.2. The first-order valence-electron chi connectivity index (χ1n) is 8.03. The van der Waals surface area contributed by atoms with Gasteiger partial charge in [-0.05, 0) is 37.3 Å². The van der Waals surface area contributed by atoms with Crippen molar-refractivity contribution in [3.63, 3.8) is 0 Å². The van der Waals surface area contributed by atoms with Crippen molar-refractivity contribution in [1.82, 2.24) is 4.72 Å². The van der Waals surface area contributed by atoms with E-state index < -0.39 is 27.9 Å². The maximum absolute atomic E-state index is 12.6.